The molecule has 3 aromatic heterocycles. The molecule has 0 aliphatic heterocycles. The molecule has 0 radical (unpaired) electrons. The molecule has 0 aromatic carbocycles. The van der Waals surface area contributed by atoms with Gasteiger partial charge in [-0.15, -0.1) is 0 Å². The number of rotatable bonds is 4. The minimum Gasteiger partial charge on any atom is -0.343 e. The summed E-state index contributed by atoms with van der Waals surface area (Å²) in [5, 5.41) is 11.4. The molecule has 3 heterocycles. The van der Waals surface area contributed by atoms with E-state index < -0.39 is 0 Å². The number of nitrogens with zero attached hydrogens (tertiary/aromatic N) is 5. The van der Waals surface area contributed by atoms with Gasteiger partial charge in [-0.3, -0.25) is 9.48 Å². The van der Waals surface area contributed by atoms with Crippen molar-refractivity contribution in [3.05, 3.63) is 46.6 Å². The molecule has 114 valence electrons. The van der Waals surface area contributed by atoms with E-state index in [1.165, 1.54) is 0 Å². The number of hydrogen-bond acceptors (Lipinski definition) is 4. The number of amides is 1. The Labute approximate surface area is 135 Å². The molecular formula is C14H15BrN6O. The Bertz CT molecular complexity index is 824. The van der Waals surface area contributed by atoms with E-state index in [1.807, 2.05) is 24.6 Å². The molecule has 1 atom stereocenters. The van der Waals surface area contributed by atoms with Crippen LogP contribution in [0.4, 0.5) is 0 Å². The van der Waals surface area contributed by atoms with Crippen molar-refractivity contribution in [1.82, 2.24) is 29.7 Å². The summed E-state index contributed by atoms with van der Waals surface area (Å²) in [6.45, 7) is 4.69. The van der Waals surface area contributed by atoms with Crippen LogP contribution in [0.3, 0.4) is 0 Å². The second-order valence-electron chi connectivity index (χ2n) is 4.87. The van der Waals surface area contributed by atoms with Gasteiger partial charge in [-0.2, -0.15) is 10.2 Å². The fourth-order valence-corrected chi connectivity index (χ4v) is 2.58. The highest BCUT2D eigenvalue weighted by Gasteiger charge is 2.17. The summed E-state index contributed by atoms with van der Waals surface area (Å²) in [7, 11) is 0. The molecule has 0 aliphatic carbocycles. The van der Waals surface area contributed by atoms with Gasteiger partial charge in [-0.25, -0.2) is 9.50 Å². The van der Waals surface area contributed by atoms with Gasteiger partial charge in [0.15, 0.2) is 11.3 Å². The number of aromatic nitrogens is 5. The molecule has 1 amide bonds. The van der Waals surface area contributed by atoms with Crippen molar-refractivity contribution in [2.24, 2.45) is 0 Å². The van der Waals surface area contributed by atoms with Crippen molar-refractivity contribution in [3.8, 4) is 0 Å². The Morgan fingerprint density at radius 2 is 2.32 bits per heavy atom. The summed E-state index contributed by atoms with van der Waals surface area (Å²) < 4.78 is 4.23. The summed E-state index contributed by atoms with van der Waals surface area (Å²) in [4.78, 5) is 16.5. The predicted molar refractivity (Wildman–Crippen MR) is 84.5 cm³/mol. The second kappa shape index (κ2) is 5.88. The molecular weight excluding hydrogens is 348 g/mol. The third-order valence-electron chi connectivity index (χ3n) is 3.35. The van der Waals surface area contributed by atoms with Gasteiger partial charge in [0.1, 0.15) is 0 Å². The number of nitrogens with one attached hydrogen (secondary N) is 1. The van der Waals surface area contributed by atoms with Gasteiger partial charge in [0.2, 0.25) is 0 Å². The van der Waals surface area contributed by atoms with Gasteiger partial charge in [0.25, 0.3) is 5.91 Å². The number of carbonyl (C=O) groups excluding carboxylic acids is 1. The highest BCUT2D eigenvalue weighted by Crippen LogP contribution is 2.14. The lowest BCUT2D eigenvalue weighted by Gasteiger charge is -2.14. The molecule has 3 aromatic rings. The van der Waals surface area contributed by atoms with Crippen LogP contribution >= 0.6 is 15.9 Å². The molecule has 0 unspecified atom stereocenters. The fraction of sp³-hybridized carbons (Fsp3) is 0.286. The van der Waals surface area contributed by atoms with Crippen molar-refractivity contribution in [2.45, 2.75) is 26.4 Å². The van der Waals surface area contributed by atoms with E-state index in [1.54, 1.807) is 29.2 Å². The Hall–Kier alpha value is -2.22. The van der Waals surface area contributed by atoms with Crippen molar-refractivity contribution in [2.75, 3.05) is 0 Å². The largest absolute Gasteiger partial charge is 0.343 e. The molecule has 8 heteroatoms. The Morgan fingerprint density at radius 3 is 3.09 bits per heavy atom. The first kappa shape index (κ1) is 14.7. The van der Waals surface area contributed by atoms with Crippen molar-refractivity contribution < 1.29 is 4.79 Å². The van der Waals surface area contributed by atoms with Crippen LogP contribution in [0.5, 0.6) is 0 Å². The minimum absolute atomic E-state index is 0.153. The van der Waals surface area contributed by atoms with Crippen LogP contribution in [-0.2, 0) is 6.54 Å². The first-order chi connectivity index (χ1) is 10.6. The first-order valence-electron chi connectivity index (χ1n) is 6.92. The number of carbonyl (C=O) groups is 1. The molecule has 0 bridgehead atoms. The SMILES string of the molecule is CCn1nccc1[C@@H](C)NC(=O)c1cc2ncc(Br)cn2n1. The molecule has 22 heavy (non-hydrogen) atoms. The van der Waals surface area contributed by atoms with Crippen molar-refractivity contribution in [3.63, 3.8) is 0 Å². The number of hydrogen-bond donors (Lipinski definition) is 1. The van der Waals surface area contributed by atoms with E-state index in [4.69, 9.17) is 0 Å². The van der Waals surface area contributed by atoms with E-state index in [2.05, 4.69) is 36.4 Å². The Kier molecular flexibility index (Phi) is 3.93. The third-order valence-corrected chi connectivity index (χ3v) is 3.76. The van der Waals surface area contributed by atoms with Crippen molar-refractivity contribution >= 4 is 27.5 Å². The smallest absolute Gasteiger partial charge is 0.272 e. The average molecular weight is 363 g/mol. The summed E-state index contributed by atoms with van der Waals surface area (Å²) in [6, 6.07) is 3.40. The van der Waals surface area contributed by atoms with E-state index in [-0.39, 0.29) is 11.9 Å². The molecule has 0 spiro atoms. The van der Waals surface area contributed by atoms with Crippen LogP contribution in [0.2, 0.25) is 0 Å². The van der Waals surface area contributed by atoms with Gasteiger partial charge >= 0.3 is 0 Å². The quantitative estimate of drug-likeness (QED) is 0.771. The second-order valence-corrected chi connectivity index (χ2v) is 5.79. The molecule has 0 saturated carbocycles. The highest BCUT2D eigenvalue weighted by atomic mass is 79.9. The van der Waals surface area contributed by atoms with Gasteiger partial charge in [0.05, 0.1) is 16.2 Å². The lowest BCUT2D eigenvalue weighted by Crippen LogP contribution is -2.28. The van der Waals surface area contributed by atoms with Gasteiger partial charge in [-0.05, 0) is 35.8 Å². The van der Waals surface area contributed by atoms with Gasteiger partial charge in [0, 0.05) is 31.2 Å². The molecule has 3 rings (SSSR count). The first-order valence-corrected chi connectivity index (χ1v) is 7.71. The lowest BCUT2D eigenvalue weighted by atomic mass is 10.2. The zero-order valence-electron chi connectivity index (χ0n) is 12.2. The summed E-state index contributed by atoms with van der Waals surface area (Å²) in [5.74, 6) is -0.238. The van der Waals surface area contributed by atoms with Crippen LogP contribution in [0.1, 0.15) is 36.1 Å². The zero-order chi connectivity index (χ0) is 15.7. The number of fused-ring (bicyclic) bond motifs is 1. The third kappa shape index (κ3) is 2.74. The normalized spacial score (nSPS) is 12.5. The Morgan fingerprint density at radius 1 is 1.50 bits per heavy atom. The van der Waals surface area contributed by atoms with Crippen molar-refractivity contribution in [1.29, 1.82) is 0 Å². The number of halogens is 1. The van der Waals surface area contributed by atoms with E-state index in [0.29, 0.717) is 11.3 Å². The predicted octanol–water partition coefficient (Wildman–Crippen LogP) is 2.20. The number of aryl methyl sites for hydroxylation is 1. The molecule has 7 nitrogen and oxygen atoms in total. The topological polar surface area (TPSA) is 77.1 Å². The fourth-order valence-electron chi connectivity index (χ4n) is 2.28. The van der Waals surface area contributed by atoms with E-state index in [9.17, 15) is 4.79 Å². The Balaban J connectivity index is 1.81. The van der Waals surface area contributed by atoms with Crippen LogP contribution in [0, 0.1) is 0 Å². The van der Waals surface area contributed by atoms with Gasteiger partial charge < -0.3 is 5.32 Å². The molecule has 1 N–H and O–H groups in total. The zero-order valence-corrected chi connectivity index (χ0v) is 13.8. The monoisotopic (exact) mass is 362 g/mol. The summed E-state index contributed by atoms with van der Waals surface area (Å²) in [5.41, 5.74) is 1.92. The molecule has 0 saturated heterocycles. The van der Waals surface area contributed by atoms with Crippen LogP contribution in [-0.4, -0.2) is 30.3 Å². The average Bonchev–Trinajstić information content (AvgIpc) is 3.12. The molecule has 0 fully saturated rings. The summed E-state index contributed by atoms with van der Waals surface area (Å²) >= 11 is 3.33. The molecule has 0 aliphatic rings. The highest BCUT2D eigenvalue weighted by molar-refractivity contribution is 9.10. The van der Waals surface area contributed by atoms with Crippen LogP contribution in [0.15, 0.2) is 35.2 Å². The van der Waals surface area contributed by atoms with E-state index >= 15 is 0 Å². The maximum atomic E-state index is 12.3. The standard InChI is InChI=1S/C14H15BrN6O/c1-3-20-12(4-5-17-20)9(2)18-14(22)11-6-13-16-7-10(15)8-21(13)19-11/h4-9H,3H2,1-2H3,(H,18,22)/t9-/m1/s1. The maximum absolute atomic E-state index is 12.3. The van der Waals surface area contributed by atoms with E-state index in [0.717, 1.165) is 16.7 Å². The van der Waals surface area contributed by atoms with Gasteiger partial charge in [-0.1, -0.05) is 0 Å². The maximum Gasteiger partial charge on any atom is 0.272 e. The summed E-state index contributed by atoms with van der Waals surface area (Å²) in [6.07, 6.45) is 5.16. The minimum atomic E-state index is -0.238. The lowest BCUT2D eigenvalue weighted by molar-refractivity contribution is 0.0933. The van der Waals surface area contributed by atoms with Crippen LogP contribution in [0.25, 0.3) is 5.65 Å². The van der Waals surface area contributed by atoms with Crippen LogP contribution < -0.4 is 5.32 Å².